The lowest BCUT2D eigenvalue weighted by Crippen LogP contribution is -2.20. The van der Waals surface area contributed by atoms with Gasteiger partial charge in [-0.15, -0.1) is 0 Å². The van der Waals surface area contributed by atoms with Gasteiger partial charge in [0.15, 0.2) is 10.9 Å². The Labute approximate surface area is 71.3 Å². The molecule has 1 aromatic rings. The Morgan fingerprint density at radius 2 is 2.55 bits per heavy atom. The lowest BCUT2D eigenvalue weighted by Gasteiger charge is -1.96. The van der Waals surface area contributed by atoms with Crippen molar-refractivity contribution in [3.63, 3.8) is 0 Å². The maximum atomic E-state index is 10.2. The fraction of sp³-hybridized carbons (Fsp3) is 0.250. The van der Waals surface area contributed by atoms with E-state index < -0.39 is 5.91 Å². The topological polar surface area (TPSA) is 78.1 Å². The van der Waals surface area contributed by atoms with Gasteiger partial charge in [-0.2, -0.15) is 0 Å². The maximum Gasteiger partial charge on any atom is 0.265 e. The molecule has 0 aliphatic heterocycles. The number of rotatable bonds is 3. The largest absolute Gasteiger partial charge is 0.465 e. The lowest BCUT2D eigenvalue weighted by atomic mass is 10.7. The highest BCUT2D eigenvalue weighted by Gasteiger charge is 2.06. The predicted molar refractivity (Wildman–Crippen MR) is 39.6 cm³/mol. The third-order valence-electron chi connectivity index (χ3n) is 0.772. The highest BCUT2D eigenvalue weighted by atomic mass is 35.5. The summed E-state index contributed by atoms with van der Waals surface area (Å²) >= 11 is 6.52. The summed E-state index contributed by atoms with van der Waals surface area (Å²) in [7, 11) is 0. The molecule has 0 atom stereocenters. The van der Waals surface area contributed by atoms with Crippen molar-refractivity contribution >= 4 is 29.0 Å². The summed E-state index contributed by atoms with van der Waals surface area (Å²) in [5.74, 6) is -0.426. The minimum Gasteiger partial charge on any atom is -0.465 e. The number of aromatic nitrogens is 2. The molecule has 0 saturated carbocycles. The Kier molecular flexibility index (Phi) is 2.61. The van der Waals surface area contributed by atoms with Crippen LogP contribution in [0.15, 0.2) is 0 Å². The second-order valence-electron chi connectivity index (χ2n) is 1.61. The van der Waals surface area contributed by atoms with Gasteiger partial charge < -0.3 is 10.5 Å². The Morgan fingerprint density at radius 3 is 3.00 bits per heavy atom. The lowest BCUT2D eigenvalue weighted by molar-refractivity contribution is -0.120. The molecular weight excluding hydrogens is 190 g/mol. The van der Waals surface area contributed by atoms with E-state index in [0.29, 0.717) is 4.34 Å². The molecule has 5 nitrogen and oxygen atoms in total. The molecule has 0 aliphatic carbocycles. The summed E-state index contributed by atoms with van der Waals surface area (Å²) in [6.07, 6.45) is 0. The van der Waals surface area contributed by atoms with E-state index in [1.807, 2.05) is 0 Å². The summed E-state index contributed by atoms with van der Waals surface area (Å²) in [6, 6.07) is 0. The summed E-state index contributed by atoms with van der Waals surface area (Å²) < 4.78 is 8.56. The van der Waals surface area contributed by atoms with Crippen molar-refractivity contribution in [2.45, 2.75) is 0 Å². The molecular formula is C4H4ClN3O2S. The number of hydrogen-bond donors (Lipinski definition) is 1. The number of carbonyl (C=O) groups is 1. The Morgan fingerprint density at radius 1 is 1.82 bits per heavy atom. The van der Waals surface area contributed by atoms with Crippen LogP contribution < -0.4 is 10.5 Å². The molecule has 0 bridgehead atoms. The minimum absolute atomic E-state index is 0.149. The molecule has 60 valence electrons. The van der Waals surface area contributed by atoms with Gasteiger partial charge in [0, 0.05) is 11.5 Å². The first-order valence-electron chi connectivity index (χ1n) is 2.59. The van der Waals surface area contributed by atoms with Gasteiger partial charge in [-0.1, -0.05) is 21.2 Å². The van der Waals surface area contributed by atoms with Crippen LogP contribution in [0, 0.1) is 0 Å². The fourth-order valence-electron chi connectivity index (χ4n) is 0.397. The number of ether oxygens (including phenoxy) is 1. The molecule has 1 aromatic heterocycles. The van der Waals surface area contributed by atoms with E-state index in [0.717, 1.165) is 11.5 Å². The van der Waals surface area contributed by atoms with E-state index in [1.165, 1.54) is 0 Å². The van der Waals surface area contributed by atoms with Gasteiger partial charge in [0.1, 0.15) is 0 Å². The number of carbonyl (C=O) groups excluding carboxylic acids is 1. The van der Waals surface area contributed by atoms with Crippen LogP contribution in [-0.4, -0.2) is 22.1 Å². The first kappa shape index (κ1) is 8.22. The van der Waals surface area contributed by atoms with Crippen molar-refractivity contribution in [3.05, 3.63) is 4.34 Å². The van der Waals surface area contributed by atoms with Crippen molar-refractivity contribution in [3.8, 4) is 5.88 Å². The van der Waals surface area contributed by atoms with Gasteiger partial charge >= 0.3 is 0 Å². The molecule has 0 spiro atoms. The average molecular weight is 194 g/mol. The van der Waals surface area contributed by atoms with E-state index in [1.54, 1.807) is 0 Å². The second-order valence-corrected chi connectivity index (χ2v) is 2.96. The highest BCUT2D eigenvalue weighted by Crippen LogP contribution is 2.23. The molecule has 1 rings (SSSR count). The van der Waals surface area contributed by atoms with Crippen molar-refractivity contribution < 1.29 is 9.53 Å². The van der Waals surface area contributed by atoms with Crippen molar-refractivity contribution in [2.75, 3.05) is 6.61 Å². The SMILES string of the molecule is NC(=O)COc1nnsc1Cl. The molecule has 0 radical (unpaired) electrons. The molecule has 11 heavy (non-hydrogen) atoms. The Hall–Kier alpha value is -0.880. The molecule has 7 heteroatoms. The summed E-state index contributed by atoms with van der Waals surface area (Å²) in [6.45, 7) is -0.231. The van der Waals surface area contributed by atoms with E-state index in [9.17, 15) is 4.79 Å². The zero-order chi connectivity index (χ0) is 8.27. The number of nitrogens with zero attached hydrogens (tertiary/aromatic N) is 2. The van der Waals surface area contributed by atoms with Gasteiger partial charge in [-0.3, -0.25) is 4.79 Å². The van der Waals surface area contributed by atoms with Gasteiger partial charge in [0.2, 0.25) is 0 Å². The van der Waals surface area contributed by atoms with Crippen molar-refractivity contribution in [2.24, 2.45) is 5.73 Å². The average Bonchev–Trinajstić information content (AvgIpc) is 2.31. The number of hydrogen-bond acceptors (Lipinski definition) is 5. The van der Waals surface area contributed by atoms with Crippen LogP contribution in [0.2, 0.25) is 4.34 Å². The minimum atomic E-state index is -0.575. The number of halogens is 1. The van der Waals surface area contributed by atoms with Crippen LogP contribution in [0.1, 0.15) is 0 Å². The van der Waals surface area contributed by atoms with Crippen molar-refractivity contribution in [1.29, 1.82) is 0 Å². The molecule has 0 saturated heterocycles. The van der Waals surface area contributed by atoms with E-state index in [-0.39, 0.29) is 12.5 Å². The Balaban J connectivity index is 2.51. The van der Waals surface area contributed by atoms with Gasteiger partial charge in [-0.25, -0.2) is 0 Å². The summed E-state index contributed by atoms with van der Waals surface area (Å²) in [4.78, 5) is 10.2. The first-order valence-corrected chi connectivity index (χ1v) is 3.74. The smallest absolute Gasteiger partial charge is 0.265 e. The molecule has 0 unspecified atom stereocenters. The van der Waals surface area contributed by atoms with Gasteiger partial charge in [-0.05, 0) is 0 Å². The third-order valence-corrected chi connectivity index (χ3v) is 1.64. The van der Waals surface area contributed by atoms with Crippen LogP contribution >= 0.6 is 23.1 Å². The van der Waals surface area contributed by atoms with Gasteiger partial charge in [0.25, 0.3) is 11.8 Å². The number of primary amides is 1. The Bertz CT molecular complexity index is 264. The number of nitrogens with two attached hydrogens (primary N) is 1. The normalized spacial score (nSPS) is 9.55. The second kappa shape index (κ2) is 3.49. The zero-order valence-corrected chi connectivity index (χ0v) is 6.85. The van der Waals surface area contributed by atoms with Crippen LogP contribution in [0.3, 0.4) is 0 Å². The monoisotopic (exact) mass is 193 g/mol. The van der Waals surface area contributed by atoms with Crippen LogP contribution in [0.4, 0.5) is 0 Å². The molecule has 1 amide bonds. The predicted octanol–water partition coefficient (Wildman–Crippen LogP) is 0.0556. The quantitative estimate of drug-likeness (QED) is 0.736. The summed E-state index contributed by atoms with van der Waals surface area (Å²) in [5, 5.41) is 3.49. The highest BCUT2D eigenvalue weighted by molar-refractivity contribution is 7.10. The van der Waals surface area contributed by atoms with Crippen molar-refractivity contribution in [1.82, 2.24) is 9.59 Å². The first-order chi connectivity index (χ1) is 5.20. The van der Waals surface area contributed by atoms with E-state index in [4.69, 9.17) is 22.1 Å². The van der Waals surface area contributed by atoms with Crippen LogP contribution in [0.25, 0.3) is 0 Å². The molecule has 0 fully saturated rings. The molecule has 0 aliphatic rings. The zero-order valence-electron chi connectivity index (χ0n) is 5.28. The molecule has 1 heterocycles. The van der Waals surface area contributed by atoms with Crippen LogP contribution in [0.5, 0.6) is 5.88 Å². The fourth-order valence-corrected chi connectivity index (χ4v) is 0.946. The molecule has 0 aromatic carbocycles. The summed E-state index contributed by atoms with van der Waals surface area (Å²) in [5.41, 5.74) is 4.81. The number of amides is 1. The molecule has 2 N–H and O–H groups in total. The standard InChI is InChI=1S/C4H4ClN3O2S/c5-3-4(7-8-11-3)10-1-2(6)9/h1H2,(H2,6,9). The maximum absolute atomic E-state index is 10.2. The third kappa shape index (κ3) is 2.32. The van der Waals surface area contributed by atoms with Gasteiger partial charge in [0.05, 0.1) is 0 Å². The van der Waals surface area contributed by atoms with E-state index >= 15 is 0 Å². The van der Waals surface area contributed by atoms with E-state index in [2.05, 4.69) is 9.59 Å². The van der Waals surface area contributed by atoms with Crippen LogP contribution in [-0.2, 0) is 4.79 Å².